The average Bonchev–Trinajstić information content (AvgIpc) is 3.12. The third kappa shape index (κ3) is 4.09. The van der Waals surface area contributed by atoms with E-state index in [4.69, 9.17) is 20.8 Å². The van der Waals surface area contributed by atoms with Gasteiger partial charge in [0.1, 0.15) is 0 Å². The highest BCUT2D eigenvalue weighted by Gasteiger charge is 2.18. The van der Waals surface area contributed by atoms with Gasteiger partial charge in [-0.25, -0.2) is 4.79 Å². The topological polar surface area (TPSA) is 51.5 Å². The predicted octanol–water partition coefficient (Wildman–Crippen LogP) is 5.95. The Morgan fingerprint density at radius 3 is 2.65 bits per heavy atom. The molecular weight excluding hydrogens is 350 g/mol. The minimum Gasteiger partial charge on any atom is -0.460 e. The Bertz CT molecular complexity index is 886. The highest BCUT2D eigenvalue weighted by atomic mass is 35.5. The molecule has 0 fully saturated rings. The summed E-state index contributed by atoms with van der Waals surface area (Å²) in [7, 11) is 0. The van der Waals surface area contributed by atoms with E-state index in [1.165, 1.54) is 6.26 Å². The molecule has 3 aromatic rings. The highest BCUT2D eigenvalue weighted by Crippen LogP contribution is 2.28. The largest absolute Gasteiger partial charge is 0.460 e. The molecule has 0 spiro atoms. The summed E-state index contributed by atoms with van der Waals surface area (Å²) < 4.78 is 10.3. The van der Waals surface area contributed by atoms with Crippen LogP contribution in [0.4, 0.5) is 5.69 Å². The van der Waals surface area contributed by atoms with Crippen molar-refractivity contribution >= 4 is 23.3 Å². The maximum absolute atomic E-state index is 12.0. The quantitative estimate of drug-likeness (QED) is 0.545. The molecule has 0 radical (unpaired) electrons. The summed E-state index contributed by atoms with van der Waals surface area (Å²) in [5.41, 5.74) is 3.72. The first-order valence-electron chi connectivity index (χ1n) is 8.45. The Kier molecular flexibility index (Phi) is 5.64. The lowest BCUT2D eigenvalue weighted by Crippen LogP contribution is -2.06. The number of carbonyl (C=O) groups is 1. The molecule has 0 aliphatic rings. The Morgan fingerprint density at radius 2 is 1.96 bits per heavy atom. The van der Waals surface area contributed by atoms with Crippen LogP contribution in [0.3, 0.4) is 0 Å². The van der Waals surface area contributed by atoms with Gasteiger partial charge in [0.2, 0.25) is 5.76 Å². The molecule has 1 unspecified atom stereocenters. The number of nitrogens with one attached hydrogen (secondary N) is 1. The molecule has 3 rings (SSSR count). The summed E-state index contributed by atoms with van der Waals surface area (Å²) in [4.78, 5) is 12.0. The fraction of sp³-hybridized carbons (Fsp3) is 0.190. The molecule has 0 saturated heterocycles. The molecule has 1 atom stereocenters. The molecule has 2 aromatic carbocycles. The van der Waals surface area contributed by atoms with Gasteiger partial charge < -0.3 is 14.5 Å². The van der Waals surface area contributed by atoms with Gasteiger partial charge in [-0.05, 0) is 49.2 Å². The van der Waals surface area contributed by atoms with Crippen molar-refractivity contribution in [3.8, 4) is 11.1 Å². The number of anilines is 1. The van der Waals surface area contributed by atoms with Crippen LogP contribution in [0.2, 0.25) is 5.02 Å². The van der Waals surface area contributed by atoms with Crippen LogP contribution in [0.15, 0.2) is 65.3 Å². The molecule has 1 aromatic heterocycles. The van der Waals surface area contributed by atoms with E-state index < -0.39 is 5.97 Å². The number of ether oxygens (including phenoxy) is 1. The molecular formula is C21H20ClNO3. The maximum atomic E-state index is 12.0. The third-order valence-corrected chi connectivity index (χ3v) is 4.29. The standard InChI is InChI=1S/C21H20ClNO3/c1-3-25-21(24)20-19(11-12-26-20)16-9-7-15(8-10-16)14(2)23-18-6-4-5-17(22)13-18/h4-14,23H,3H2,1-2H3. The van der Waals surface area contributed by atoms with Crippen LogP contribution in [-0.2, 0) is 4.74 Å². The van der Waals surface area contributed by atoms with E-state index in [0.29, 0.717) is 11.6 Å². The van der Waals surface area contributed by atoms with Crippen molar-refractivity contribution in [1.29, 1.82) is 0 Å². The van der Waals surface area contributed by atoms with Gasteiger partial charge in [-0.15, -0.1) is 0 Å². The van der Waals surface area contributed by atoms with Crippen LogP contribution in [0, 0.1) is 0 Å². The first-order valence-corrected chi connectivity index (χ1v) is 8.83. The summed E-state index contributed by atoms with van der Waals surface area (Å²) in [6, 6.07) is 17.5. The van der Waals surface area contributed by atoms with E-state index in [1.807, 2.05) is 48.5 Å². The number of esters is 1. The van der Waals surface area contributed by atoms with E-state index in [9.17, 15) is 4.79 Å². The first-order chi connectivity index (χ1) is 12.6. The van der Waals surface area contributed by atoms with Gasteiger partial charge in [0, 0.05) is 22.3 Å². The molecule has 0 aliphatic heterocycles. The zero-order valence-electron chi connectivity index (χ0n) is 14.7. The number of hydrogen-bond acceptors (Lipinski definition) is 4. The monoisotopic (exact) mass is 369 g/mol. The van der Waals surface area contributed by atoms with Crippen LogP contribution >= 0.6 is 11.6 Å². The number of benzene rings is 2. The van der Waals surface area contributed by atoms with E-state index in [-0.39, 0.29) is 11.8 Å². The first kappa shape index (κ1) is 18.1. The maximum Gasteiger partial charge on any atom is 0.374 e. The molecule has 4 nitrogen and oxygen atoms in total. The summed E-state index contributed by atoms with van der Waals surface area (Å²) >= 11 is 6.03. The van der Waals surface area contributed by atoms with E-state index in [0.717, 1.165) is 22.4 Å². The molecule has 0 saturated carbocycles. The second-order valence-corrected chi connectivity index (χ2v) is 6.32. The Balaban J connectivity index is 1.77. The second-order valence-electron chi connectivity index (χ2n) is 5.88. The van der Waals surface area contributed by atoms with Gasteiger partial charge >= 0.3 is 5.97 Å². The lowest BCUT2D eigenvalue weighted by atomic mass is 10.0. The van der Waals surface area contributed by atoms with Crippen LogP contribution in [0.25, 0.3) is 11.1 Å². The molecule has 0 bridgehead atoms. The molecule has 5 heteroatoms. The number of furan rings is 1. The van der Waals surface area contributed by atoms with Crippen LogP contribution in [-0.4, -0.2) is 12.6 Å². The Morgan fingerprint density at radius 1 is 1.19 bits per heavy atom. The molecule has 1 heterocycles. The van der Waals surface area contributed by atoms with Crippen molar-refractivity contribution in [1.82, 2.24) is 0 Å². The van der Waals surface area contributed by atoms with Gasteiger partial charge in [-0.1, -0.05) is 41.9 Å². The molecule has 26 heavy (non-hydrogen) atoms. The van der Waals surface area contributed by atoms with Gasteiger partial charge in [0.05, 0.1) is 12.9 Å². The minimum atomic E-state index is -0.451. The molecule has 134 valence electrons. The zero-order valence-corrected chi connectivity index (χ0v) is 15.4. The van der Waals surface area contributed by atoms with Crippen LogP contribution < -0.4 is 5.32 Å². The lowest BCUT2D eigenvalue weighted by molar-refractivity contribution is 0.0491. The highest BCUT2D eigenvalue weighted by molar-refractivity contribution is 6.30. The molecule has 1 N–H and O–H groups in total. The van der Waals surface area contributed by atoms with E-state index in [2.05, 4.69) is 12.2 Å². The van der Waals surface area contributed by atoms with E-state index in [1.54, 1.807) is 13.0 Å². The Hall–Kier alpha value is -2.72. The van der Waals surface area contributed by atoms with Gasteiger partial charge in [0.25, 0.3) is 0 Å². The number of hydrogen-bond donors (Lipinski definition) is 1. The van der Waals surface area contributed by atoms with Crippen molar-refractivity contribution in [2.45, 2.75) is 19.9 Å². The number of halogens is 1. The van der Waals surface area contributed by atoms with Crippen molar-refractivity contribution < 1.29 is 13.9 Å². The van der Waals surface area contributed by atoms with Crippen molar-refractivity contribution in [3.63, 3.8) is 0 Å². The Labute approximate surface area is 157 Å². The number of carbonyl (C=O) groups excluding carboxylic acids is 1. The van der Waals surface area contributed by atoms with Crippen molar-refractivity contribution in [2.24, 2.45) is 0 Å². The van der Waals surface area contributed by atoms with Crippen molar-refractivity contribution in [3.05, 3.63) is 77.2 Å². The van der Waals surface area contributed by atoms with Gasteiger partial charge in [-0.2, -0.15) is 0 Å². The smallest absolute Gasteiger partial charge is 0.374 e. The zero-order chi connectivity index (χ0) is 18.5. The van der Waals surface area contributed by atoms with Gasteiger partial charge in [0.15, 0.2) is 0 Å². The fourth-order valence-corrected chi connectivity index (χ4v) is 2.94. The molecule has 0 aliphatic carbocycles. The summed E-state index contributed by atoms with van der Waals surface area (Å²) in [6.45, 7) is 4.16. The minimum absolute atomic E-state index is 0.108. The fourth-order valence-electron chi connectivity index (χ4n) is 2.75. The second kappa shape index (κ2) is 8.11. The number of rotatable bonds is 6. The lowest BCUT2D eigenvalue weighted by Gasteiger charge is -2.16. The predicted molar refractivity (Wildman–Crippen MR) is 104 cm³/mol. The van der Waals surface area contributed by atoms with Crippen LogP contribution in [0.5, 0.6) is 0 Å². The normalized spacial score (nSPS) is 11.8. The van der Waals surface area contributed by atoms with Crippen LogP contribution in [0.1, 0.15) is 36.0 Å². The van der Waals surface area contributed by atoms with E-state index >= 15 is 0 Å². The molecule has 0 amide bonds. The van der Waals surface area contributed by atoms with Crippen molar-refractivity contribution in [2.75, 3.05) is 11.9 Å². The summed E-state index contributed by atoms with van der Waals surface area (Å²) in [6.07, 6.45) is 1.50. The van der Waals surface area contributed by atoms with Gasteiger partial charge in [-0.3, -0.25) is 0 Å². The summed E-state index contributed by atoms with van der Waals surface area (Å²) in [5.74, 6) is -0.225. The average molecular weight is 370 g/mol. The third-order valence-electron chi connectivity index (χ3n) is 4.06. The summed E-state index contributed by atoms with van der Waals surface area (Å²) in [5, 5.41) is 4.12. The SMILES string of the molecule is CCOC(=O)c1occc1-c1ccc(C(C)Nc2cccc(Cl)c2)cc1.